The Labute approximate surface area is 128 Å². The molecule has 1 saturated heterocycles. The zero-order valence-corrected chi connectivity index (χ0v) is 12.9. The highest BCUT2D eigenvalue weighted by Crippen LogP contribution is 2.09. The number of benzene rings is 1. The number of hydrogen-bond donors (Lipinski definition) is 2. The standard InChI is InChI=1S/C16H20N4O2/c1-11(19-7-9-20(10-8-19)12(2)21)15-17-14-6-4-3-5-13(14)16(22)18-15/h3-6,11H,7-10H2,1-2H3,(H,17,18,22)/p+1/t11-/m0/s1. The van der Waals surface area contributed by atoms with Crippen LogP contribution in [0.1, 0.15) is 25.7 Å². The zero-order valence-electron chi connectivity index (χ0n) is 12.9. The van der Waals surface area contributed by atoms with Crippen molar-refractivity contribution in [3.63, 3.8) is 0 Å². The lowest BCUT2D eigenvalue weighted by Gasteiger charge is -2.34. The van der Waals surface area contributed by atoms with Gasteiger partial charge in [0.15, 0.2) is 5.82 Å². The molecule has 0 saturated carbocycles. The van der Waals surface area contributed by atoms with Crippen LogP contribution in [0.2, 0.25) is 0 Å². The molecular weight excluding hydrogens is 280 g/mol. The van der Waals surface area contributed by atoms with E-state index in [2.05, 4.69) is 16.9 Å². The fourth-order valence-corrected chi connectivity index (χ4v) is 3.04. The number of aromatic nitrogens is 2. The minimum atomic E-state index is -0.0887. The van der Waals surface area contributed by atoms with Crippen molar-refractivity contribution in [2.75, 3.05) is 26.2 Å². The van der Waals surface area contributed by atoms with E-state index >= 15 is 0 Å². The first-order valence-electron chi connectivity index (χ1n) is 7.65. The summed E-state index contributed by atoms with van der Waals surface area (Å²) in [5.74, 6) is 0.846. The van der Waals surface area contributed by atoms with Gasteiger partial charge in [-0.25, -0.2) is 4.98 Å². The van der Waals surface area contributed by atoms with Crippen molar-refractivity contribution >= 4 is 16.8 Å². The minimum absolute atomic E-state index is 0.0887. The highest BCUT2D eigenvalue weighted by molar-refractivity contribution is 5.77. The topological polar surface area (TPSA) is 70.5 Å². The van der Waals surface area contributed by atoms with Gasteiger partial charge in [-0.2, -0.15) is 0 Å². The van der Waals surface area contributed by atoms with Crippen molar-refractivity contribution in [2.24, 2.45) is 0 Å². The second-order valence-corrected chi connectivity index (χ2v) is 5.85. The number of nitrogens with one attached hydrogen (secondary N) is 2. The van der Waals surface area contributed by atoms with E-state index in [1.165, 1.54) is 4.90 Å². The zero-order chi connectivity index (χ0) is 15.7. The summed E-state index contributed by atoms with van der Waals surface area (Å²) in [4.78, 5) is 34.3. The van der Waals surface area contributed by atoms with Gasteiger partial charge in [-0.15, -0.1) is 0 Å². The second-order valence-electron chi connectivity index (χ2n) is 5.85. The lowest BCUT2D eigenvalue weighted by atomic mass is 10.2. The Kier molecular flexibility index (Phi) is 3.94. The molecule has 0 aliphatic carbocycles. The Morgan fingerprint density at radius 3 is 2.68 bits per heavy atom. The van der Waals surface area contributed by atoms with Crippen LogP contribution < -0.4 is 10.5 Å². The van der Waals surface area contributed by atoms with Crippen LogP contribution in [0.25, 0.3) is 10.9 Å². The number of rotatable bonds is 2. The molecule has 1 aromatic heterocycles. The molecule has 2 heterocycles. The maximum Gasteiger partial charge on any atom is 0.258 e. The van der Waals surface area contributed by atoms with Crippen molar-refractivity contribution in [3.05, 3.63) is 40.4 Å². The third-order valence-electron chi connectivity index (χ3n) is 4.50. The average Bonchev–Trinajstić information content (AvgIpc) is 2.54. The fraction of sp³-hybridized carbons (Fsp3) is 0.438. The number of aromatic amines is 1. The van der Waals surface area contributed by atoms with Crippen molar-refractivity contribution in [3.8, 4) is 0 Å². The molecule has 6 heteroatoms. The second kappa shape index (κ2) is 5.88. The number of hydrogen-bond acceptors (Lipinski definition) is 3. The Bertz CT molecular complexity index is 747. The quantitative estimate of drug-likeness (QED) is 0.802. The average molecular weight is 301 g/mol. The molecule has 1 aromatic carbocycles. The van der Waals surface area contributed by atoms with Crippen molar-refractivity contribution in [1.29, 1.82) is 0 Å². The van der Waals surface area contributed by atoms with E-state index in [0.29, 0.717) is 5.39 Å². The van der Waals surface area contributed by atoms with Gasteiger partial charge < -0.3 is 14.8 Å². The third kappa shape index (κ3) is 2.74. The van der Waals surface area contributed by atoms with Crippen LogP contribution >= 0.6 is 0 Å². The van der Waals surface area contributed by atoms with Crippen LogP contribution in [0.4, 0.5) is 0 Å². The smallest absolute Gasteiger partial charge is 0.258 e. The highest BCUT2D eigenvalue weighted by Gasteiger charge is 2.28. The Hall–Kier alpha value is -2.21. The molecule has 0 radical (unpaired) electrons. The van der Waals surface area contributed by atoms with Gasteiger partial charge in [-0.05, 0) is 19.1 Å². The molecule has 0 spiro atoms. The van der Waals surface area contributed by atoms with Crippen molar-refractivity contribution < 1.29 is 9.69 Å². The summed E-state index contributed by atoms with van der Waals surface area (Å²) in [7, 11) is 0. The minimum Gasteiger partial charge on any atom is -0.332 e. The molecule has 3 rings (SSSR count). The summed E-state index contributed by atoms with van der Waals surface area (Å²) >= 11 is 0. The first-order chi connectivity index (χ1) is 10.6. The monoisotopic (exact) mass is 301 g/mol. The summed E-state index contributed by atoms with van der Waals surface area (Å²) in [6, 6.07) is 7.49. The molecule has 2 N–H and O–H groups in total. The van der Waals surface area contributed by atoms with E-state index in [9.17, 15) is 9.59 Å². The summed E-state index contributed by atoms with van der Waals surface area (Å²) in [6.45, 7) is 6.94. The van der Waals surface area contributed by atoms with Crippen molar-refractivity contribution in [2.45, 2.75) is 19.9 Å². The Balaban J connectivity index is 1.82. The lowest BCUT2D eigenvalue weighted by Crippen LogP contribution is -3.14. The molecule has 6 nitrogen and oxygen atoms in total. The molecule has 116 valence electrons. The molecule has 0 unspecified atom stereocenters. The summed E-state index contributed by atoms with van der Waals surface area (Å²) in [6.07, 6.45) is 0. The molecule has 1 amide bonds. The van der Waals surface area contributed by atoms with Crippen LogP contribution in [-0.2, 0) is 4.79 Å². The van der Waals surface area contributed by atoms with Gasteiger partial charge >= 0.3 is 0 Å². The summed E-state index contributed by atoms with van der Waals surface area (Å²) in [5.41, 5.74) is 0.643. The summed E-state index contributed by atoms with van der Waals surface area (Å²) in [5, 5.41) is 0.620. The number of piperazine rings is 1. The highest BCUT2D eigenvalue weighted by atomic mass is 16.2. The normalized spacial score (nSPS) is 17.6. The number of H-pyrrole nitrogens is 1. The van der Waals surface area contributed by atoms with Crippen molar-refractivity contribution in [1.82, 2.24) is 14.9 Å². The predicted octanol–water partition coefficient (Wildman–Crippen LogP) is -0.269. The van der Waals surface area contributed by atoms with Crippen LogP contribution in [0.5, 0.6) is 0 Å². The predicted molar refractivity (Wildman–Crippen MR) is 83.7 cm³/mol. The van der Waals surface area contributed by atoms with Gasteiger partial charge in [-0.1, -0.05) is 12.1 Å². The van der Waals surface area contributed by atoms with Crippen LogP contribution in [0, 0.1) is 0 Å². The molecule has 2 aromatic rings. The summed E-state index contributed by atoms with van der Waals surface area (Å²) < 4.78 is 0. The largest absolute Gasteiger partial charge is 0.332 e. The SMILES string of the molecule is CC(=O)N1CC[NH+]([C@@H](C)c2nc3ccccc3c(=O)[nH]2)CC1. The van der Waals surface area contributed by atoms with Gasteiger partial charge in [-0.3, -0.25) is 9.59 Å². The maximum atomic E-state index is 12.2. The number of carbonyl (C=O) groups excluding carboxylic acids is 1. The van der Waals surface area contributed by atoms with Crippen LogP contribution in [0.15, 0.2) is 29.1 Å². The van der Waals surface area contributed by atoms with E-state index in [-0.39, 0.29) is 17.5 Å². The molecule has 22 heavy (non-hydrogen) atoms. The van der Waals surface area contributed by atoms with E-state index < -0.39 is 0 Å². The molecule has 1 atom stereocenters. The van der Waals surface area contributed by atoms with Gasteiger partial charge in [0.05, 0.1) is 37.1 Å². The van der Waals surface area contributed by atoms with E-state index in [1.807, 2.05) is 23.1 Å². The van der Waals surface area contributed by atoms with E-state index in [0.717, 1.165) is 37.5 Å². The lowest BCUT2D eigenvalue weighted by molar-refractivity contribution is -0.934. The number of para-hydroxylation sites is 1. The van der Waals surface area contributed by atoms with E-state index in [1.54, 1.807) is 13.0 Å². The van der Waals surface area contributed by atoms with Gasteiger partial charge in [0.25, 0.3) is 5.56 Å². The number of fused-ring (bicyclic) bond motifs is 1. The Morgan fingerprint density at radius 2 is 2.00 bits per heavy atom. The van der Waals surface area contributed by atoms with Gasteiger partial charge in [0.2, 0.25) is 5.91 Å². The molecule has 0 bridgehead atoms. The first-order valence-corrected chi connectivity index (χ1v) is 7.65. The number of amides is 1. The number of carbonyl (C=O) groups is 1. The first kappa shape index (κ1) is 14.7. The maximum absolute atomic E-state index is 12.2. The molecule has 1 aliphatic rings. The van der Waals surface area contributed by atoms with Gasteiger partial charge in [0.1, 0.15) is 6.04 Å². The molecule has 1 aliphatic heterocycles. The molecule has 1 fully saturated rings. The van der Waals surface area contributed by atoms with E-state index in [4.69, 9.17) is 0 Å². The van der Waals surface area contributed by atoms with Crippen LogP contribution in [-0.4, -0.2) is 47.0 Å². The molecular formula is C16H21N4O2+. The fourth-order valence-electron chi connectivity index (χ4n) is 3.04. The third-order valence-corrected chi connectivity index (χ3v) is 4.50. The number of quaternary nitrogens is 1. The van der Waals surface area contributed by atoms with Crippen LogP contribution in [0.3, 0.4) is 0 Å². The number of nitrogens with zero attached hydrogens (tertiary/aromatic N) is 2. The Morgan fingerprint density at radius 1 is 1.32 bits per heavy atom. The van der Waals surface area contributed by atoms with Gasteiger partial charge in [0, 0.05) is 6.92 Å².